The van der Waals surface area contributed by atoms with Gasteiger partial charge in [-0.15, -0.1) is 22.7 Å². The highest BCUT2D eigenvalue weighted by atomic mass is 35.5. The fraction of sp³-hybridized carbons (Fsp3) is 0.150. The molecule has 2 aromatic heterocycles. The lowest BCUT2D eigenvalue weighted by Gasteiger charge is -2.17. The second-order valence-corrected chi connectivity index (χ2v) is 8.77. The number of fused-ring (bicyclic) bond motifs is 1. The number of hydrogen-bond acceptors (Lipinski definition) is 6. The van der Waals surface area contributed by atoms with Gasteiger partial charge in [0, 0.05) is 27.8 Å². The molecule has 0 radical (unpaired) electrons. The van der Waals surface area contributed by atoms with Crippen LogP contribution >= 0.6 is 34.3 Å². The molecule has 1 aliphatic rings. The number of ether oxygens (including phenoxy) is 1. The molecule has 2 amide bonds. The van der Waals surface area contributed by atoms with E-state index in [1.54, 1.807) is 35.6 Å². The highest BCUT2D eigenvalue weighted by molar-refractivity contribution is 7.17. The summed E-state index contributed by atoms with van der Waals surface area (Å²) in [5.41, 5.74) is 2.07. The summed E-state index contributed by atoms with van der Waals surface area (Å²) in [5, 5.41) is 8.60. The monoisotopic (exact) mass is 445 g/mol. The lowest BCUT2D eigenvalue weighted by molar-refractivity contribution is -0.119. The van der Waals surface area contributed by atoms with Crippen molar-refractivity contribution in [3.8, 4) is 16.3 Å². The average molecular weight is 446 g/mol. The molecular formula is C20H16ClN3O3S2. The van der Waals surface area contributed by atoms with Crippen LogP contribution in [0.2, 0.25) is 5.02 Å². The minimum absolute atomic E-state index is 0.0653. The molecule has 9 heteroatoms. The van der Waals surface area contributed by atoms with Crippen LogP contribution in [0.25, 0.3) is 16.6 Å². The third kappa shape index (κ3) is 4.67. The van der Waals surface area contributed by atoms with E-state index in [4.69, 9.17) is 16.3 Å². The van der Waals surface area contributed by atoms with Crippen LogP contribution in [0, 0.1) is 0 Å². The van der Waals surface area contributed by atoms with Gasteiger partial charge in [-0.25, -0.2) is 4.98 Å². The van der Waals surface area contributed by atoms with Gasteiger partial charge in [-0.05, 0) is 36.4 Å². The van der Waals surface area contributed by atoms with E-state index in [2.05, 4.69) is 15.6 Å². The summed E-state index contributed by atoms with van der Waals surface area (Å²) < 4.78 is 5.63. The first-order chi connectivity index (χ1) is 14.0. The molecule has 3 aromatic rings. The number of carbonyl (C=O) groups excluding carboxylic acids is 2. The van der Waals surface area contributed by atoms with Crippen LogP contribution in [0.15, 0.2) is 41.3 Å². The van der Waals surface area contributed by atoms with E-state index in [9.17, 15) is 9.59 Å². The summed E-state index contributed by atoms with van der Waals surface area (Å²) >= 11 is 8.93. The number of nitrogens with one attached hydrogen (secondary N) is 2. The maximum atomic E-state index is 12.6. The number of nitrogens with zero attached hydrogens (tertiary/aromatic N) is 1. The molecule has 6 nitrogen and oxygen atoms in total. The molecule has 0 unspecified atom stereocenters. The Hall–Kier alpha value is -2.68. The van der Waals surface area contributed by atoms with Gasteiger partial charge in [-0.2, -0.15) is 0 Å². The molecule has 0 bridgehead atoms. The maximum Gasteiger partial charge on any atom is 0.256 e. The second-order valence-electron chi connectivity index (χ2n) is 6.31. The Bertz CT molecular complexity index is 1120. The Morgan fingerprint density at radius 2 is 2.14 bits per heavy atom. The Balaban J connectivity index is 1.44. The molecule has 2 N–H and O–H groups in total. The molecule has 148 valence electrons. The minimum Gasteiger partial charge on any atom is -0.488 e. The van der Waals surface area contributed by atoms with Crippen molar-refractivity contribution in [2.45, 2.75) is 13.5 Å². The van der Waals surface area contributed by atoms with E-state index < -0.39 is 0 Å². The van der Waals surface area contributed by atoms with Crippen molar-refractivity contribution in [2.24, 2.45) is 0 Å². The number of halogens is 1. The van der Waals surface area contributed by atoms with Crippen LogP contribution in [0.4, 0.5) is 5.13 Å². The van der Waals surface area contributed by atoms with E-state index in [1.807, 2.05) is 17.5 Å². The van der Waals surface area contributed by atoms with Crippen LogP contribution in [0.5, 0.6) is 5.75 Å². The van der Waals surface area contributed by atoms with Gasteiger partial charge in [0.25, 0.3) is 5.91 Å². The van der Waals surface area contributed by atoms with Crippen LogP contribution < -0.4 is 15.4 Å². The largest absolute Gasteiger partial charge is 0.488 e. The van der Waals surface area contributed by atoms with Gasteiger partial charge in [0.1, 0.15) is 12.4 Å². The fourth-order valence-electron chi connectivity index (χ4n) is 2.72. The standard InChI is InChI=1S/C20H16ClN3O3S2/c1-11(25)22-8-15-3-5-18(29-15)16-10-28-20(23-16)24-19(26)13-6-12-7-14(21)2-4-17(12)27-9-13/h2-7,10H,8-9H2,1H3,(H,22,25)(H,23,24,26). The Morgan fingerprint density at radius 3 is 2.97 bits per heavy atom. The molecule has 0 saturated heterocycles. The first kappa shape index (κ1) is 19.6. The summed E-state index contributed by atoms with van der Waals surface area (Å²) in [7, 11) is 0. The summed E-state index contributed by atoms with van der Waals surface area (Å²) in [5.74, 6) is 0.383. The normalized spacial score (nSPS) is 12.6. The van der Waals surface area contributed by atoms with Crippen molar-refractivity contribution in [1.29, 1.82) is 0 Å². The summed E-state index contributed by atoms with van der Waals surface area (Å²) in [4.78, 5) is 30.2. The minimum atomic E-state index is -0.256. The highest BCUT2D eigenvalue weighted by Crippen LogP contribution is 2.32. The molecule has 0 fully saturated rings. The lowest BCUT2D eigenvalue weighted by atomic mass is 10.1. The Labute approximate surface area is 180 Å². The van der Waals surface area contributed by atoms with E-state index >= 15 is 0 Å². The van der Waals surface area contributed by atoms with E-state index in [1.165, 1.54) is 18.3 Å². The predicted molar refractivity (Wildman–Crippen MR) is 117 cm³/mol. The quantitative estimate of drug-likeness (QED) is 0.602. The van der Waals surface area contributed by atoms with Crippen LogP contribution in [0.1, 0.15) is 17.4 Å². The van der Waals surface area contributed by atoms with Crippen LogP contribution in [-0.2, 0) is 16.1 Å². The number of benzene rings is 1. The molecule has 0 aliphatic carbocycles. The second kappa shape index (κ2) is 8.36. The molecule has 0 spiro atoms. The van der Waals surface area contributed by atoms with Crippen molar-refractivity contribution >= 4 is 57.3 Å². The number of thiazole rings is 1. The molecule has 29 heavy (non-hydrogen) atoms. The fourth-order valence-corrected chi connectivity index (χ4v) is 4.59. The van der Waals surface area contributed by atoms with Crippen molar-refractivity contribution in [1.82, 2.24) is 10.3 Å². The van der Waals surface area contributed by atoms with Crippen molar-refractivity contribution in [3.63, 3.8) is 0 Å². The number of amides is 2. The van der Waals surface area contributed by atoms with Gasteiger partial charge in [-0.3, -0.25) is 14.9 Å². The van der Waals surface area contributed by atoms with Gasteiger partial charge < -0.3 is 10.1 Å². The molecule has 1 aromatic carbocycles. The zero-order chi connectivity index (χ0) is 20.4. The number of anilines is 1. The zero-order valence-corrected chi connectivity index (χ0v) is 17.7. The number of carbonyl (C=O) groups is 2. The molecule has 0 atom stereocenters. The number of hydrogen-bond donors (Lipinski definition) is 2. The topological polar surface area (TPSA) is 80.3 Å². The van der Waals surface area contributed by atoms with E-state index in [0.29, 0.717) is 28.0 Å². The van der Waals surface area contributed by atoms with Crippen molar-refractivity contribution < 1.29 is 14.3 Å². The summed E-state index contributed by atoms with van der Waals surface area (Å²) in [6.07, 6.45) is 1.78. The SMILES string of the molecule is CC(=O)NCc1ccc(-c2csc(NC(=O)C3=Cc4cc(Cl)ccc4OC3)n2)s1. The molecule has 4 rings (SSSR count). The smallest absolute Gasteiger partial charge is 0.256 e. The molecule has 1 aliphatic heterocycles. The number of rotatable bonds is 5. The molecule has 0 saturated carbocycles. The number of aromatic nitrogens is 1. The van der Waals surface area contributed by atoms with Crippen molar-refractivity contribution in [2.75, 3.05) is 11.9 Å². The predicted octanol–water partition coefficient (Wildman–Crippen LogP) is 4.58. The van der Waals surface area contributed by atoms with E-state index in [-0.39, 0.29) is 18.4 Å². The van der Waals surface area contributed by atoms with Crippen LogP contribution in [0.3, 0.4) is 0 Å². The molecular weight excluding hydrogens is 430 g/mol. The highest BCUT2D eigenvalue weighted by Gasteiger charge is 2.19. The Kier molecular flexibility index (Phi) is 5.66. The summed E-state index contributed by atoms with van der Waals surface area (Å²) in [6, 6.07) is 9.22. The number of thiophene rings is 1. The Morgan fingerprint density at radius 1 is 1.28 bits per heavy atom. The van der Waals surface area contributed by atoms with Gasteiger partial charge in [0.15, 0.2) is 5.13 Å². The first-order valence-corrected chi connectivity index (χ1v) is 10.8. The third-order valence-electron chi connectivity index (χ3n) is 4.13. The van der Waals surface area contributed by atoms with Crippen molar-refractivity contribution in [3.05, 3.63) is 56.7 Å². The zero-order valence-electron chi connectivity index (χ0n) is 15.3. The van der Waals surface area contributed by atoms with Gasteiger partial charge in [0.05, 0.1) is 22.7 Å². The van der Waals surface area contributed by atoms with Gasteiger partial charge >= 0.3 is 0 Å². The van der Waals surface area contributed by atoms with Gasteiger partial charge in [0.2, 0.25) is 5.91 Å². The average Bonchev–Trinajstić information content (AvgIpc) is 3.35. The van der Waals surface area contributed by atoms with Crippen LogP contribution in [-0.4, -0.2) is 23.4 Å². The lowest BCUT2D eigenvalue weighted by Crippen LogP contribution is -2.21. The first-order valence-electron chi connectivity index (χ1n) is 8.71. The van der Waals surface area contributed by atoms with E-state index in [0.717, 1.165) is 21.0 Å². The molecule has 3 heterocycles. The maximum absolute atomic E-state index is 12.6. The summed E-state index contributed by atoms with van der Waals surface area (Å²) in [6.45, 7) is 2.17. The third-order valence-corrected chi connectivity index (χ3v) is 6.23. The van der Waals surface area contributed by atoms with Gasteiger partial charge in [-0.1, -0.05) is 11.6 Å².